The van der Waals surface area contributed by atoms with Crippen molar-refractivity contribution in [3.8, 4) is 0 Å². The Labute approximate surface area is 103 Å². The second kappa shape index (κ2) is 8.98. The normalized spacial score (nSPS) is 10.8. The molecule has 0 fully saturated rings. The van der Waals surface area contributed by atoms with Crippen molar-refractivity contribution < 1.29 is 20.1 Å². The molecular weight excluding hydrogens is 220 g/mol. The average Bonchev–Trinajstić information content (AvgIpc) is 2.36. The fraction of sp³-hybridized carbons (Fsp3) is 0.538. The van der Waals surface area contributed by atoms with E-state index in [-0.39, 0.29) is 26.4 Å². The Morgan fingerprint density at radius 1 is 1.00 bits per heavy atom. The lowest BCUT2D eigenvalue weighted by Crippen LogP contribution is -2.38. The fourth-order valence-electron chi connectivity index (χ4n) is 1.17. The molecule has 0 rings (SSSR count). The SMILES string of the molecule is C=CCC(=COCC(CO)(CO)CO)CC=C. The Balaban J connectivity index is 4.36. The number of rotatable bonds is 10. The molecule has 4 nitrogen and oxygen atoms in total. The van der Waals surface area contributed by atoms with Gasteiger partial charge in [0.25, 0.3) is 0 Å². The van der Waals surface area contributed by atoms with Crippen LogP contribution >= 0.6 is 0 Å². The van der Waals surface area contributed by atoms with Crippen molar-refractivity contribution in [2.24, 2.45) is 5.41 Å². The third-order valence-electron chi connectivity index (χ3n) is 2.46. The van der Waals surface area contributed by atoms with Gasteiger partial charge < -0.3 is 20.1 Å². The van der Waals surface area contributed by atoms with Gasteiger partial charge >= 0.3 is 0 Å². The molecule has 17 heavy (non-hydrogen) atoms. The molecule has 0 aliphatic rings. The second-order valence-electron chi connectivity index (χ2n) is 4.05. The van der Waals surface area contributed by atoms with Gasteiger partial charge in [0.1, 0.15) is 0 Å². The standard InChI is InChI=1S/C13H22O4/c1-3-5-12(6-4-2)7-17-11-13(8-14,9-15)10-16/h3-4,7,14-16H,1-2,5-6,8-11H2. The van der Waals surface area contributed by atoms with Crippen LogP contribution in [0.25, 0.3) is 0 Å². The number of ether oxygens (including phenoxy) is 1. The highest BCUT2D eigenvalue weighted by atomic mass is 16.5. The fourth-order valence-corrected chi connectivity index (χ4v) is 1.17. The van der Waals surface area contributed by atoms with Crippen molar-refractivity contribution in [3.05, 3.63) is 37.1 Å². The lowest BCUT2D eigenvalue weighted by molar-refractivity contribution is -0.0372. The Morgan fingerprint density at radius 3 is 1.82 bits per heavy atom. The van der Waals surface area contributed by atoms with E-state index in [4.69, 9.17) is 20.1 Å². The molecule has 0 unspecified atom stereocenters. The van der Waals surface area contributed by atoms with Gasteiger partial charge in [-0.25, -0.2) is 0 Å². The molecular formula is C13H22O4. The molecule has 4 heteroatoms. The summed E-state index contributed by atoms with van der Waals surface area (Å²) in [4.78, 5) is 0. The van der Waals surface area contributed by atoms with Crippen LogP contribution in [0.1, 0.15) is 12.8 Å². The molecule has 0 aromatic heterocycles. The van der Waals surface area contributed by atoms with Gasteiger partial charge in [0.05, 0.1) is 38.1 Å². The monoisotopic (exact) mass is 242 g/mol. The third-order valence-corrected chi connectivity index (χ3v) is 2.46. The van der Waals surface area contributed by atoms with Crippen molar-refractivity contribution in [1.82, 2.24) is 0 Å². The van der Waals surface area contributed by atoms with Gasteiger partial charge in [-0.1, -0.05) is 12.2 Å². The molecule has 0 aliphatic carbocycles. The Bertz CT molecular complexity index is 234. The van der Waals surface area contributed by atoms with Gasteiger partial charge in [0.15, 0.2) is 0 Å². The summed E-state index contributed by atoms with van der Waals surface area (Å²) in [5.74, 6) is 0. The minimum absolute atomic E-state index is 0.0638. The summed E-state index contributed by atoms with van der Waals surface area (Å²) < 4.78 is 5.30. The first-order valence-corrected chi connectivity index (χ1v) is 5.52. The molecule has 0 radical (unpaired) electrons. The zero-order valence-electron chi connectivity index (χ0n) is 10.1. The maximum absolute atomic E-state index is 9.10. The molecule has 3 N–H and O–H groups in total. The smallest absolute Gasteiger partial charge is 0.0995 e. The van der Waals surface area contributed by atoms with E-state index in [1.54, 1.807) is 18.4 Å². The second-order valence-corrected chi connectivity index (χ2v) is 4.05. The van der Waals surface area contributed by atoms with E-state index in [2.05, 4.69) is 13.2 Å². The summed E-state index contributed by atoms with van der Waals surface area (Å²) in [6, 6.07) is 0. The van der Waals surface area contributed by atoms with Crippen molar-refractivity contribution in [2.45, 2.75) is 12.8 Å². The summed E-state index contributed by atoms with van der Waals surface area (Å²) in [6.07, 6.45) is 6.47. The molecule has 0 aromatic rings. The zero-order valence-corrected chi connectivity index (χ0v) is 10.1. The van der Waals surface area contributed by atoms with Crippen LogP contribution in [0.4, 0.5) is 0 Å². The topological polar surface area (TPSA) is 69.9 Å². The van der Waals surface area contributed by atoms with E-state index in [0.29, 0.717) is 12.8 Å². The summed E-state index contributed by atoms with van der Waals surface area (Å²) in [6.45, 7) is 6.36. The van der Waals surface area contributed by atoms with Crippen LogP contribution < -0.4 is 0 Å². The molecule has 0 atom stereocenters. The number of allylic oxidation sites excluding steroid dienone is 3. The van der Waals surface area contributed by atoms with E-state index in [1.807, 2.05) is 0 Å². The van der Waals surface area contributed by atoms with Gasteiger partial charge in [-0.05, 0) is 18.4 Å². The Hall–Kier alpha value is -1.10. The molecule has 0 aliphatic heterocycles. The van der Waals surface area contributed by atoms with E-state index in [1.165, 1.54) is 0 Å². The maximum Gasteiger partial charge on any atom is 0.0995 e. The number of hydrogen-bond acceptors (Lipinski definition) is 4. The van der Waals surface area contributed by atoms with Gasteiger partial charge in [0.2, 0.25) is 0 Å². The highest BCUT2D eigenvalue weighted by Crippen LogP contribution is 2.16. The van der Waals surface area contributed by atoms with E-state index >= 15 is 0 Å². The molecule has 0 amide bonds. The summed E-state index contributed by atoms with van der Waals surface area (Å²) in [7, 11) is 0. The van der Waals surface area contributed by atoms with Gasteiger partial charge in [-0.15, -0.1) is 13.2 Å². The number of aliphatic hydroxyl groups excluding tert-OH is 3. The van der Waals surface area contributed by atoms with E-state index in [9.17, 15) is 0 Å². The first-order chi connectivity index (χ1) is 8.17. The molecule has 0 spiro atoms. The van der Waals surface area contributed by atoms with Crippen LogP contribution in [-0.4, -0.2) is 41.7 Å². The molecule has 98 valence electrons. The molecule has 0 saturated heterocycles. The number of aliphatic hydroxyl groups is 3. The van der Waals surface area contributed by atoms with E-state index < -0.39 is 5.41 Å². The van der Waals surface area contributed by atoms with Gasteiger partial charge in [-0.2, -0.15) is 0 Å². The highest BCUT2D eigenvalue weighted by Gasteiger charge is 2.28. The third kappa shape index (κ3) is 5.68. The first-order valence-electron chi connectivity index (χ1n) is 5.52. The maximum atomic E-state index is 9.10. The van der Waals surface area contributed by atoms with Gasteiger partial charge in [-0.3, -0.25) is 0 Å². The number of hydrogen-bond donors (Lipinski definition) is 3. The Morgan fingerprint density at radius 2 is 1.47 bits per heavy atom. The minimum Gasteiger partial charge on any atom is -0.500 e. The molecule has 0 aromatic carbocycles. The van der Waals surface area contributed by atoms with E-state index in [0.717, 1.165) is 5.57 Å². The van der Waals surface area contributed by atoms with Crippen LogP contribution in [0.3, 0.4) is 0 Å². The lowest BCUT2D eigenvalue weighted by Gasteiger charge is -2.26. The van der Waals surface area contributed by atoms with Crippen LogP contribution in [0.5, 0.6) is 0 Å². The lowest BCUT2D eigenvalue weighted by atomic mass is 9.93. The summed E-state index contributed by atoms with van der Waals surface area (Å²) >= 11 is 0. The highest BCUT2D eigenvalue weighted by molar-refractivity contribution is 5.07. The average molecular weight is 242 g/mol. The van der Waals surface area contributed by atoms with Crippen LogP contribution in [0, 0.1) is 5.41 Å². The summed E-state index contributed by atoms with van der Waals surface area (Å²) in [5, 5.41) is 27.3. The van der Waals surface area contributed by atoms with Crippen LogP contribution in [0.2, 0.25) is 0 Å². The van der Waals surface area contributed by atoms with Crippen LogP contribution in [-0.2, 0) is 4.74 Å². The summed E-state index contributed by atoms with van der Waals surface area (Å²) in [5.41, 5.74) is 0.00182. The zero-order chi connectivity index (χ0) is 13.1. The van der Waals surface area contributed by atoms with Crippen molar-refractivity contribution in [2.75, 3.05) is 26.4 Å². The van der Waals surface area contributed by atoms with Crippen molar-refractivity contribution in [1.29, 1.82) is 0 Å². The largest absolute Gasteiger partial charge is 0.500 e. The Kier molecular flexibility index (Phi) is 8.40. The molecule has 0 bridgehead atoms. The van der Waals surface area contributed by atoms with Crippen LogP contribution in [0.15, 0.2) is 37.1 Å². The molecule has 0 heterocycles. The molecule has 0 saturated carbocycles. The van der Waals surface area contributed by atoms with Crippen molar-refractivity contribution >= 4 is 0 Å². The van der Waals surface area contributed by atoms with Gasteiger partial charge in [0, 0.05) is 0 Å². The first kappa shape index (κ1) is 15.9. The quantitative estimate of drug-likeness (QED) is 0.395. The minimum atomic E-state index is -0.996. The van der Waals surface area contributed by atoms with Crippen molar-refractivity contribution in [3.63, 3.8) is 0 Å². The predicted octanol–water partition coefficient (Wildman–Crippen LogP) is 1.00. The predicted molar refractivity (Wildman–Crippen MR) is 67.4 cm³/mol.